The molecule has 0 aliphatic carbocycles. The van der Waals surface area contributed by atoms with Crippen LogP contribution in [-0.2, 0) is 4.79 Å². The van der Waals surface area contributed by atoms with Gasteiger partial charge in [0.15, 0.2) is 0 Å². The molecule has 0 radical (unpaired) electrons. The van der Waals surface area contributed by atoms with Crippen molar-refractivity contribution < 1.29 is 9.90 Å². The van der Waals surface area contributed by atoms with Crippen molar-refractivity contribution in [3.8, 4) is 17.1 Å². The molecule has 0 spiro atoms. The zero-order valence-corrected chi connectivity index (χ0v) is 16.8. The number of phenolic OH excluding ortho intramolecular Hbond substituents is 1. The maximum atomic E-state index is 13.3. The number of fused-ring (bicyclic) bond motifs is 1. The third-order valence-electron chi connectivity index (χ3n) is 4.92. The van der Waals surface area contributed by atoms with Gasteiger partial charge < -0.3 is 5.11 Å². The fraction of sp³-hybridized carbons (Fsp3) is 0.0833. The van der Waals surface area contributed by atoms with Gasteiger partial charge in [-0.3, -0.25) is 14.2 Å². The maximum Gasteiger partial charge on any atom is 0.263 e. The van der Waals surface area contributed by atoms with E-state index < -0.39 is 11.9 Å². The first-order valence-electron chi connectivity index (χ1n) is 9.74. The van der Waals surface area contributed by atoms with Crippen LogP contribution >= 0.6 is 0 Å². The molecular weight excluding hydrogens is 392 g/mol. The first kappa shape index (κ1) is 20.0. The molecule has 0 aliphatic rings. The molecule has 154 valence electrons. The summed E-state index contributed by atoms with van der Waals surface area (Å²) in [6, 6.07) is 22.1. The molecule has 3 aromatic carbocycles. The molecule has 7 heteroatoms. The number of nitrogens with one attached hydrogen (secondary N) is 1. The molecule has 1 atom stereocenters. The Kier molecular flexibility index (Phi) is 5.57. The van der Waals surface area contributed by atoms with Crippen molar-refractivity contribution in [1.29, 1.82) is 0 Å². The summed E-state index contributed by atoms with van der Waals surface area (Å²) < 4.78 is 1.38. The first-order chi connectivity index (χ1) is 15.1. The number of amides is 1. The molecule has 0 fully saturated rings. The number of benzene rings is 3. The fourth-order valence-electron chi connectivity index (χ4n) is 3.27. The number of para-hydroxylation sites is 2. The van der Waals surface area contributed by atoms with Crippen LogP contribution in [0.4, 0.5) is 0 Å². The van der Waals surface area contributed by atoms with E-state index >= 15 is 0 Å². The van der Waals surface area contributed by atoms with Gasteiger partial charge in [-0.15, -0.1) is 0 Å². The van der Waals surface area contributed by atoms with Crippen molar-refractivity contribution in [2.45, 2.75) is 13.0 Å². The molecule has 1 amide bonds. The number of rotatable bonds is 5. The summed E-state index contributed by atoms with van der Waals surface area (Å²) >= 11 is 0. The average Bonchev–Trinajstić information content (AvgIpc) is 2.80. The van der Waals surface area contributed by atoms with Crippen molar-refractivity contribution in [2.75, 3.05) is 0 Å². The molecule has 31 heavy (non-hydrogen) atoms. The van der Waals surface area contributed by atoms with Crippen molar-refractivity contribution in [3.63, 3.8) is 0 Å². The lowest BCUT2D eigenvalue weighted by Crippen LogP contribution is -2.35. The number of aromatic hydroxyl groups is 1. The van der Waals surface area contributed by atoms with E-state index in [0.717, 1.165) is 5.56 Å². The molecule has 4 rings (SSSR count). The predicted molar refractivity (Wildman–Crippen MR) is 120 cm³/mol. The minimum absolute atomic E-state index is 0.0508. The monoisotopic (exact) mass is 412 g/mol. The molecular formula is C24H20N4O3. The lowest BCUT2D eigenvalue weighted by Gasteiger charge is -2.18. The number of hydrazone groups is 1. The highest BCUT2D eigenvalue weighted by atomic mass is 16.3. The number of hydrogen-bond donors (Lipinski definition) is 2. The standard InChI is InChI=1S/C24H20N4O3/c1-16(23(30)27-25-15-18-11-5-8-14-21(18)29)28-22(17-9-3-2-4-10-17)26-20-13-7-6-12-19(20)24(28)31/h2-16,29H,1H3,(H,27,30)/b25-15-/t16-/m0/s1. The van der Waals surface area contributed by atoms with E-state index in [4.69, 9.17) is 0 Å². The molecule has 0 saturated heterocycles. The molecule has 0 saturated carbocycles. The third-order valence-corrected chi connectivity index (χ3v) is 4.92. The van der Waals surface area contributed by atoms with Gasteiger partial charge >= 0.3 is 0 Å². The van der Waals surface area contributed by atoms with Gasteiger partial charge in [0.2, 0.25) is 0 Å². The normalized spacial score (nSPS) is 12.2. The maximum absolute atomic E-state index is 13.3. The van der Waals surface area contributed by atoms with Crippen LogP contribution in [0.25, 0.3) is 22.3 Å². The van der Waals surface area contributed by atoms with E-state index in [0.29, 0.717) is 22.3 Å². The second-order valence-electron chi connectivity index (χ2n) is 6.96. The number of aromatic nitrogens is 2. The average molecular weight is 412 g/mol. The lowest BCUT2D eigenvalue weighted by atomic mass is 10.1. The van der Waals surface area contributed by atoms with Crippen LogP contribution in [0.2, 0.25) is 0 Å². The van der Waals surface area contributed by atoms with E-state index in [2.05, 4.69) is 15.5 Å². The first-order valence-corrected chi connectivity index (χ1v) is 9.74. The number of nitrogens with zero attached hydrogens (tertiary/aromatic N) is 3. The smallest absolute Gasteiger partial charge is 0.263 e. The van der Waals surface area contributed by atoms with Gasteiger partial charge in [-0.05, 0) is 31.2 Å². The van der Waals surface area contributed by atoms with Gasteiger partial charge in [0.1, 0.15) is 17.6 Å². The van der Waals surface area contributed by atoms with Crippen LogP contribution in [0, 0.1) is 0 Å². The van der Waals surface area contributed by atoms with Crippen molar-refractivity contribution in [1.82, 2.24) is 15.0 Å². The SMILES string of the molecule is C[C@@H](C(=O)N/N=C\c1ccccc1O)n1c(-c2ccccc2)nc2ccccc2c1=O. The largest absolute Gasteiger partial charge is 0.507 e. The Balaban J connectivity index is 1.72. The quantitative estimate of drug-likeness (QED) is 0.387. The zero-order chi connectivity index (χ0) is 21.8. The van der Waals surface area contributed by atoms with E-state index in [9.17, 15) is 14.7 Å². The van der Waals surface area contributed by atoms with Gasteiger partial charge in [0.05, 0.1) is 17.1 Å². The molecule has 4 aromatic rings. The lowest BCUT2D eigenvalue weighted by molar-refractivity contribution is -0.123. The minimum atomic E-state index is -0.874. The van der Waals surface area contributed by atoms with Gasteiger partial charge in [0, 0.05) is 11.1 Å². The number of hydrogen-bond acceptors (Lipinski definition) is 5. The Morgan fingerprint density at radius 3 is 2.48 bits per heavy atom. The van der Waals surface area contributed by atoms with E-state index in [-0.39, 0.29) is 11.3 Å². The Morgan fingerprint density at radius 2 is 1.71 bits per heavy atom. The summed E-state index contributed by atoms with van der Waals surface area (Å²) in [6.45, 7) is 1.62. The third kappa shape index (κ3) is 4.06. The molecule has 1 heterocycles. The second-order valence-corrected chi connectivity index (χ2v) is 6.96. The number of phenols is 1. The van der Waals surface area contributed by atoms with Gasteiger partial charge in [-0.1, -0.05) is 54.6 Å². The summed E-state index contributed by atoms with van der Waals surface area (Å²) in [4.78, 5) is 30.8. The van der Waals surface area contributed by atoms with Crippen LogP contribution < -0.4 is 11.0 Å². The van der Waals surface area contributed by atoms with Crippen LogP contribution in [0.15, 0.2) is 88.8 Å². The number of carbonyl (C=O) groups excluding carboxylic acids is 1. The van der Waals surface area contributed by atoms with Crippen molar-refractivity contribution in [2.24, 2.45) is 5.10 Å². The Labute approximate surface area is 178 Å². The van der Waals surface area contributed by atoms with Gasteiger partial charge in [0.25, 0.3) is 11.5 Å². The summed E-state index contributed by atoms with van der Waals surface area (Å²) in [5.41, 5.74) is 3.88. The Morgan fingerprint density at radius 1 is 1.03 bits per heavy atom. The molecule has 7 nitrogen and oxygen atoms in total. The summed E-state index contributed by atoms with van der Waals surface area (Å²) in [6.07, 6.45) is 1.35. The second kappa shape index (κ2) is 8.62. The van der Waals surface area contributed by atoms with Crippen LogP contribution in [-0.4, -0.2) is 26.8 Å². The van der Waals surface area contributed by atoms with Gasteiger partial charge in [-0.2, -0.15) is 5.10 Å². The van der Waals surface area contributed by atoms with Crippen LogP contribution in [0.5, 0.6) is 5.75 Å². The highest BCUT2D eigenvalue weighted by Crippen LogP contribution is 2.22. The Bertz CT molecular complexity index is 1330. The molecule has 0 aliphatic heterocycles. The summed E-state index contributed by atoms with van der Waals surface area (Å²) in [5.74, 6) is -0.0328. The minimum Gasteiger partial charge on any atom is -0.507 e. The summed E-state index contributed by atoms with van der Waals surface area (Å²) in [7, 11) is 0. The molecule has 0 bridgehead atoms. The topological polar surface area (TPSA) is 96.6 Å². The number of carbonyl (C=O) groups is 1. The van der Waals surface area contributed by atoms with Gasteiger partial charge in [-0.25, -0.2) is 10.4 Å². The highest BCUT2D eigenvalue weighted by molar-refractivity contribution is 5.87. The van der Waals surface area contributed by atoms with Crippen molar-refractivity contribution >= 4 is 23.0 Å². The summed E-state index contributed by atoms with van der Waals surface area (Å²) in [5, 5.41) is 14.2. The zero-order valence-electron chi connectivity index (χ0n) is 16.8. The van der Waals surface area contributed by atoms with Crippen LogP contribution in [0.3, 0.4) is 0 Å². The van der Waals surface area contributed by atoms with E-state index in [1.54, 1.807) is 43.3 Å². The molecule has 2 N–H and O–H groups in total. The van der Waals surface area contributed by atoms with Crippen molar-refractivity contribution in [3.05, 3.63) is 94.8 Å². The Hall–Kier alpha value is -4.26. The van der Waals surface area contributed by atoms with Crippen LogP contribution in [0.1, 0.15) is 18.5 Å². The molecule has 0 unspecified atom stereocenters. The molecule has 1 aromatic heterocycles. The fourth-order valence-corrected chi connectivity index (χ4v) is 3.27. The highest BCUT2D eigenvalue weighted by Gasteiger charge is 2.22. The van der Waals surface area contributed by atoms with E-state index in [1.165, 1.54) is 16.8 Å². The predicted octanol–water partition coefficient (Wildman–Crippen LogP) is 3.48. The van der Waals surface area contributed by atoms with E-state index in [1.807, 2.05) is 36.4 Å².